The van der Waals surface area contributed by atoms with E-state index < -0.39 is 0 Å². The molecule has 3 rings (SSSR count). The van der Waals surface area contributed by atoms with Gasteiger partial charge in [0.2, 0.25) is 11.8 Å². The molecule has 0 saturated carbocycles. The fourth-order valence-corrected chi connectivity index (χ4v) is 3.37. The molecule has 0 spiro atoms. The van der Waals surface area contributed by atoms with Crippen molar-refractivity contribution in [3.63, 3.8) is 0 Å². The number of carbonyl (C=O) groups excluding carboxylic acids is 3. The summed E-state index contributed by atoms with van der Waals surface area (Å²) in [6.07, 6.45) is 0.755. The molecule has 1 atom stereocenters. The molecular formula is C19H17IN2O3. The van der Waals surface area contributed by atoms with Crippen molar-refractivity contribution in [3.05, 3.63) is 62.7 Å². The SMILES string of the molecule is Cc1ccc(I)c(C(=O)Nc2ccc(CC3CC(=O)NC3=O)cc2)c1. The summed E-state index contributed by atoms with van der Waals surface area (Å²) in [4.78, 5) is 35.3. The molecule has 3 amide bonds. The van der Waals surface area contributed by atoms with Gasteiger partial charge < -0.3 is 5.32 Å². The highest BCUT2D eigenvalue weighted by molar-refractivity contribution is 14.1. The van der Waals surface area contributed by atoms with Gasteiger partial charge in [-0.25, -0.2) is 0 Å². The average Bonchev–Trinajstić information content (AvgIpc) is 2.89. The number of rotatable bonds is 4. The predicted molar refractivity (Wildman–Crippen MR) is 103 cm³/mol. The number of benzene rings is 2. The van der Waals surface area contributed by atoms with E-state index in [1.165, 1.54) is 0 Å². The molecule has 1 saturated heterocycles. The first-order valence-corrected chi connectivity index (χ1v) is 9.00. The number of nitrogens with one attached hydrogen (secondary N) is 2. The van der Waals surface area contributed by atoms with Crippen LogP contribution in [-0.4, -0.2) is 17.7 Å². The maximum absolute atomic E-state index is 12.4. The van der Waals surface area contributed by atoms with E-state index >= 15 is 0 Å². The second kappa shape index (κ2) is 7.35. The quantitative estimate of drug-likeness (QED) is 0.558. The molecule has 2 aromatic rings. The lowest BCUT2D eigenvalue weighted by atomic mass is 9.98. The topological polar surface area (TPSA) is 75.3 Å². The summed E-state index contributed by atoms with van der Waals surface area (Å²) in [5, 5.41) is 5.20. The molecule has 1 fully saturated rings. The van der Waals surface area contributed by atoms with Crippen LogP contribution < -0.4 is 10.6 Å². The lowest BCUT2D eigenvalue weighted by molar-refractivity contribution is -0.125. The molecular weight excluding hydrogens is 431 g/mol. The van der Waals surface area contributed by atoms with Gasteiger partial charge in [0.25, 0.3) is 5.91 Å². The Morgan fingerprint density at radius 3 is 2.56 bits per heavy atom. The van der Waals surface area contributed by atoms with Gasteiger partial charge in [-0.2, -0.15) is 0 Å². The predicted octanol–water partition coefficient (Wildman–Crippen LogP) is 3.06. The Labute approximate surface area is 159 Å². The molecule has 0 aliphatic carbocycles. The molecule has 0 radical (unpaired) electrons. The first-order chi connectivity index (χ1) is 11.9. The Bertz CT molecular complexity index is 846. The van der Waals surface area contributed by atoms with Gasteiger partial charge in [-0.3, -0.25) is 19.7 Å². The van der Waals surface area contributed by atoms with E-state index in [1.807, 2.05) is 49.4 Å². The fourth-order valence-electron chi connectivity index (χ4n) is 2.79. The van der Waals surface area contributed by atoms with Crippen LogP contribution in [0, 0.1) is 16.4 Å². The Hall–Kier alpha value is -2.22. The Morgan fingerprint density at radius 2 is 1.92 bits per heavy atom. The zero-order valence-electron chi connectivity index (χ0n) is 13.6. The van der Waals surface area contributed by atoms with E-state index in [4.69, 9.17) is 0 Å². The van der Waals surface area contributed by atoms with Gasteiger partial charge in [-0.1, -0.05) is 23.8 Å². The monoisotopic (exact) mass is 448 g/mol. The first-order valence-electron chi connectivity index (χ1n) is 7.92. The van der Waals surface area contributed by atoms with Gasteiger partial charge in [-0.05, 0) is 65.8 Å². The van der Waals surface area contributed by atoms with Crippen molar-refractivity contribution in [1.29, 1.82) is 0 Å². The number of hydrogen-bond donors (Lipinski definition) is 2. The first kappa shape index (κ1) is 17.6. The maximum atomic E-state index is 12.4. The van der Waals surface area contributed by atoms with Crippen LogP contribution >= 0.6 is 22.6 Å². The van der Waals surface area contributed by atoms with Crippen molar-refractivity contribution in [2.24, 2.45) is 5.92 Å². The number of hydrogen-bond acceptors (Lipinski definition) is 3. The van der Waals surface area contributed by atoms with Crippen molar-refractivity contribution < 1.29 is 14.4 Å². The minimum Gasteiger partial charge on any atom is -0.322 e. The van der Waals surface area contributed by atoms with Crippen LogP contribution in [0.15, 0.2) is 42.5 Å². The lowest BCUT2D eigenvalue weighted by Crippen LogP contribution is -2.22. The number of halogens is 1. The molecule has 1 aliphatic rings. The normalized spacial score (nSPS) is 16.6. The standard InChI is InChI=1S/C19H17IN2O3/c1-11-2-7-16(20)15(8-11)19(25)21-14-5-3-12(4-6-14)9-13-10-17(23)22-18(13)24/h2-8,13H,9-10H2,1H3,(H,21,25)(H,22,23,24). The summed E-state index contributed by atoms with van der Waals surface area (Å²) in [6.45, 7) is 1.95. The highest BCUT2D eigenvalue weighted by Crippen LogP contribution is 2.20. The third-order valence-electron chi connectivity index (χ3n) is 4.13. The smallest absolute Gasteiger partial charge is 0.256 e. The summed E-state index contributed by atoms with van der Waals surface area (Å²) in [7, 11) is 0. The molecule has 5 nitrogen and oxygen atoms in total. The van der Waals surface area contributed by atoms with Crippen LogP contribution in [0.25, 0.3) is 0 Å². The van der Waals surface area contributed by atoms with Crippen LogP contribution in [0.5, 0.6) is 0 Å². The average molecular weight is 448 g/mol. The summed E-state index contributed by atoms with van der Waals surface area (Å²) in [5.74, 6) is -0.883. The van der Waals surface area contributed by atoms with Crippen molar-refractivity contribution >= 4 is 46.0 Å². The molecule has 2 N–H and O–H groups in total. The highest BCUT2D eigenvalue weighted by atomic mass is 127. The molecule has 0 bridgehead atoms. The third kappa shape index (κ3) is 4.25. The molecule has 6 heteroatoms. The summed E-state index contributed by atoms with van der Waals surface area (Å²) in [6, 6.07) is 13.1. The molecule has 1 heterocycles. The van der Waals surface area contributed by atoms with Crippen molar-refractivity contribution in [2.45, 2.75) is 19.8 Å². The highest BCUT2D eigenvalue weighted by Gasteiger charge is 2.30. The molecule has 1 unspecified atom stereocenters. The van der Waals surface area contributed by atoms with Gasteiger partial charge in [-0.15, -0.1) is 0 Å². The third-order valence-corrected chi connectivity index (χ3v) is 5.07. The van der Waals surface area contributed by atoms with Crippen LogP contribution in [0.4, 0.5) is 5.69 Å². The molecule has 0 aromatic heterocycles. The van der Waals surface area contributed by atoms with Crippen molar-refractivity contribution in [3.8, 4) is 0 Å². The van der Waals surface area contributed by atoms with E-state index in [-0.39, 0.29) is 30.1 Å². The van der Waals surface area contributed by atoms with Crippen LogP contribution in [0.1, 0.15) is 27.9 Å². The van der Waals surface area contributed by atoms with Gasteiger partial charge in [0.15, 0.2) is 0 Å². The zero-order valence-corrected chi connectivity index (χ0v) is 15.8. The van der Waals surface area contributed by atoms with Gasteiger partial charge in [0, 0.05) is 15.7 Å². The van der Waals surface area contributed by atoms with Gasteiger partial charge in [0.1, 0.15) is 0 Å². The summed E-state index contributed by atoms with van der Waals surface area (Å²) < 4.78 is 0.897. The Morgan fingerprint density at radius 1 is 1.20 bits per heavy atom. The fraction of sp³-hybridized carbons (Fsp3) is 0.211. The van der Waals surface area contributed by atoms with E-state index in [0.29, 0.717) is 17.7 Å². The lowest BCUT2D eigenvalue weighted by Gasteiger charge is -2.10. The summed E-state index contributed by atoms with van der Waals surface area (Å²) in [5.41, 5.74) is 3.33. The van der Waals surface area contributed by atoms with Gasteiger partial charge >= 0.3 is 0 Å². The second-order valence-corrected chi connectivity index (χ2v) is 7.31. The van der Waals surface area contributed by atoms with Gasteiger partial charge in [0.05, 0.1) is 11.5 Å². The van der Waals surface area contributed by atoms with Crippen LogP contribution in [0.2, 0.25) is 0 Å². The zero-order chi connectivity index (χ0) is 18.0. The van der Waals surface area contributed by atoms with E-state index in [9.17, 15) is 14.4 Å². The Balaban J connectivity index is 1.66. The van der Waals surface area contributed by atoms with E-state index in [1.54, 1.807) is 0 Å². The Kier molecular flexibility index (Phi) is 5.17. The van der Waals surface area contributed by atoms with Crippen molar-refractivity contribution in [1.82, 2.24) is 5.32 Å². The second-order valence-electron chi connectivity index (χ2n) is 6.15. The van der Waals surface area contributed by atoms with Crippen molar-refractivity contribution in [2.75, 3.05) is 5.32 Å². The minimum absolute atomic E-state index is 0.151. The largest absolute Gasteiger partial charge is 0.322 e. The minimum atomic E-state index is -0.304. The molecule has 25 heavy (non-hydrogen) atoms. The molecule has 128 valence electrons. The molecule has 2 aromatic carbocycles. The number of amides is 3. The molecule has 1 aliphatic heterocycles. The number of aryl methyl sites for hydroxylation is 1. The summed E-state index contributed by atoms with van der Waals surface area (Å²) >= 11 is 2.15. The maximum Gasteiger partial charge on any atom is 0.256 e. The number of carbonyl (C=O) groups is 3. The number of anilines is 1. The van der Waals surface area contributed by atoms with E-state index in [2.05, 4.69) is 33.2 Å². The van der Waals surface area contributed by atoms with Crippen LogP contribution in [0.3, 0.4) is 0 Å². The number of imide groups is 1. The van der Waals surface area contributed by atoms with E-state index in [0.717, 1.165) is 14.7 Å². The van der Waals surface area contributed by atoms with Crippen LogP contribution in [-0.2, 0) is 16.0 Å².